The van der Waals surface area contributed by atoms with Crippen molar-refractivity contribution in [3.05, 3.63) is 23.8 Å². The van der Waals surface area contributed by atoms with Crippen LogP contribution >= 0.6 is 11.8 Å². The van der Waals surface area contributed by atoms with Gasteiger partial charge in [0.2, 0.25) is 0 Å². The van der Waals surface area contributed by atoms with Crippen LogP contribution in [0.3, 0.4) is 0 Å². The second-order valence-corrected chi connectivity index (χ2v) is 6.32. The number of nitrogens with zero attached hydrogens (tertiary/aromatic N) is 1. The minimum Gasteiger partial charge on any atom is -0.496 e. The predicted octanol–water partition coefficient (Wildman–Crippen LogP) is 3.12. The molecule has 1 aromatic carbocycles. The first-order valence-corrected chi connectivity index (χ1v) is 7.93. The Hall–Kier alpha value is -1.89. The number of methoxy groups -OCH3 is 1. The highest BCUT2D eigenvalue weighted by molar-refractivity contribution is 7.98. The number of oxime groups is 1. The summed E-state index contributed by atoms with van der Waals surface area (Å²) < 4.78 is 10.4. The maximum Gasteiger partial charge on any atom is 0.407 e. The van der Waals surface area contributed by atoms with E-state index in [0.717, 1.165) is 10.6 Å². The third-order valence-corrected chi connectivity index (χ3v) is 3.40. The highest BCUT2D eigenvalue weighted by Gasteiger charge is 2.17. The summed E-state index contributed by atoms with van der Waals surface area (Å²) in [5.41, 5.74) is 0.458. The summed E-state index contributed by atoms with van der Waals surface area (Å²) in [6.45, 7) is 5.40. The van der Waals surface area contributed by atoms with Crippen molar-refractivity contribution in [2.75, 3.05) is 19.9 Å². The highest BCUT2D eigenvalue weighted by atomic mass is 32.2. The summed E-state index contributed by atoms with van der Waals surface area (Å²) in [4.78, 5) is 12.6. The first-order valence-electron chi connectivity index (χ1n) is 6.71. The van der Waals surface area contributed by atoms with Crippen molar-refractivity contribution in [3.8, 4) is 5.75 Å². The van der Waals surface area contributed by atoms with Crippen molar-refractivity contribution >= 4 is 23.6 Å². The molecular weight excluding hydrogens is 304 g/mol. The molecule has 22 heavy (non-hydrogen) atoms. The van der Waals surface area contributed by atoms with E-state index in [1.54, 1.807) is 40.0 Å². The molecule has 1 amide bonds. The van der Waals surface area contributed by atoms with Crippen molar-refractivity contribution in [1.82, 2.24) is 5.32 Å². The third-order valence-electron chi connectivity index (χ3n) is 2.64. The van der Waals surface area contributed by atoms with Crippen molar-refractivity contribution < 1.29 is 19.5 Å². The number of alkyl carbamates (subject to hydrolysis) is 1. The zero-order chi connectivity index (χ0) is 16.8. The quantitative estimate of drug-likeness (QED) is 0.376. The van der Waals surface area contributed by atoms with E-state index < -0.39 is 11.7 Å². The molecule has 0 bridgehead atoms. The van der Waals surface area contributed by atoms with Crippen LogP contribution in [-0.4, -0.2) is 42.5 Å². The minimum atomic E-state index is -0.577. The molecule has 0 aliphatic heterocycles. The Morgan fingerprint density at radius 2 is 2.09 bits per heavy atom. The molecule has 1 aromatic rings. The smallest absolute Gasteiger partial charge is 0.407 e. The van der Waals surface area contributed by atoms with E-state index in [0.29, 0.717) is 11.3 Å². The van der Waals surface area contributed by atoms with Crippen LogP contribution in [0, 0.1) is 0 Å². The molecule has 0 saturated carbocycles. The number of benzene rings is 1. The predicted molar refractivity (Wildman–Crippen MR) is 87.3 cm³/mol. The van der Waals surface area contributed by atoms with Crippen LogP contribution in [0.1, 0.15) is 26.3 Å². The molecule has 0 aliphatic rings. The van der Waals surface area contributed by atoms with E-state index in [1.807, 2.05) is 12.3 Å². The highest BCUT2D eigenvalue weighted by Crippen LogP contribution is 2.28. The number of carbonyl (C=O) groups is 1. The van der Waals surface area contributed by atoms with Crippen LogP contribution in [0.15, 0.2) is 28.3 Å². The molecule has 1 rings (SSSR count). The van der Waals surface area contributed by atoms with Gasteiger partial charge in [-0.3, -0.25) is 0 Å². The number of carbonyl (C=O) groups excluding carboxylic acids is 1. The van der Waals surface area contributed by atoms with Gasteiger partial charge in [-0.2, -0.15) is 0 Å². The van der Waals surface area contributed by atoms with Gasteiger partial charge in [-0.05, 0) is 45.2 Å². The molecule has 0 spiro atoms. The van der Waals surface area contributed by atoms with Crippen LogP contribution in [0.5, 0.6) is 5.75 Å². The van der Waals surface area contributed by atoms with Crippen molar-refractivity contribution in [2.24, 2.45) is 5.16 Å². The summed E-state index contributed by atoms with van der Waals surface area (Å²) in [5, 5.41) is 15.0. The van der Waals surface area contributed by atoms with Crippen LogP contribution in [-0.2, 0) is 4.74 Å². The lowest BCUT2D eigenvalue weighted by Crippen LogP contribution is -2.35. The molecule has 7 heteroatoms. The van der Waals surface area contributed by atoms with Crippen molar-refractivity contribution in [3.63, 3.8) is 0 Å². The van der Waals surface area contributed by atoms with Crippen LogP contribution in [0.4, 0.5) is 4.79 Å². The first-order chi connectivity index (χ1) is 10.3. The Balaban J connectivity index is 2.79. The van der Waals surface area contributed by atoms with Gasteiger partial charge in [-0.25, -0.2) is 4.79 Å². The molecule has 0 unspecified atom stereocenters. The van der Waals surface area contributed by atoms with E-state index in [-0.39, 0.29) is 6.54 Å². The Labute approximate surface area is 134 Å². The number of nitrogens with one attached hydrogen (secondary N) is 1. The van der Waals surface area contributed by atoms with Gasteiger partial charge in [-0.1, -0.05) is 5.16 Å². The molecule has 0 atom stereocenters. The molecule has 6 nitrogen and oxygen atoms in total. The lowest BCUT2D eigenvalue weighted by atomic mass is 10.1. The molecule has 0 heterocycles. The van der Waals surface area contributed by atoms with Crippen LogP contribution in [0.2, 0.25) is 0 Å². The molecule has 0 fully saturated rings. The summed E-state index contributed by atoms with van der Waals surface area (Å²) in [6.07, 6.45) is 1.36. The molecule has 0 radical (unpaired) electrons. The van der Waals surface area contributed by atoms with E-state index in [9.17, 15) is 10.0 Å². The zero-order valence-electron chi connectivity index (χ0n) is 13.5. The van der Waals surface area contributed by atoms with E-state index in [4.69, 9.17) is 9.47 Å². The lowest BCUT2D eigenvalue weighted by molar-refractivity contribution is 0.0536. The van der Waals surface area contributed by atoms with E-state index in [1.165, 1.54) is 11.8 Å². The Bertz CT molecular complexity index is 553. The summed E-state index contributed by atoms with van der Waals surface area (Å²) in [5.74, 6) is 0.744. The molecule has 122 valence electrons. The number of amides is 1. The second-order valence-electron chi connectivity index (χ2n) is 5.47. The number of ether oxygens (including phenoxy) is 2. The molecule has 2 N–H and O–H groups in total. The van der Waals surface area contributed by atoms with Crippen LogP contribution in [0.25, 0.3) is 0 Å². The SMILES string of the molecule is COc1ccc(/C(CNC(=O)OC(C)(C)C)=N/O)cc1SC. The summed E-state index contributed by atoms with van der Waals surface area (Å²) >= 11 is 1.52. The lowest BCUT2D eigenvalue weighted by Gasteiger charge is -2.19. The van der Waals surface area contributed by atoms with Gasteiger partial charge in [0.05, 0.1) is 13.7 Å². The van der Waals surface area contributed by atoms with Gasteiger partial charge in [0.15, 0.2) is 0 Å². The van der Waals surface area contributed by atoms with Crippen molar-refractivity contribution in [1.29, 1.82) is 0 Å². The van der Waals surface area contributed by atoms with Gasteiger partial charge in [0.1, 0.15) is 17.1 Å². The van der Waals surface area contributed by atoms with Gasteiger partial charge in [0, 0.05) is 10.5 Å². The zero-order valence-corrected chi connectivity index (χ0v) is 14.3. The summed E-state index contributed by atoms with van der Waals surface area (Å²) in [7, 11) is 1.60. The largest absolute Gasteiger partial charge is 0.496 e. The van der Waals surface area contributed by atoms with Gasteiger partial charge in [0.25, 0.3) is 0 Å². The maximum absolute atomic E-state index is 11.6. The van der Waals surface area contributed by atoms with Gasteiger partial charge < -0.3 is 20.0 Å². The Kier molecular flexibility index (Phi) is 6.55. The van der Waals surface area contributed by atoms with Gasteiger partial charge in [-0.15, -0.1) is 11.8 Å². The maximum atomic E-state index is 11.6. The average Bonchev–Trinajstić information content (AvgIpc) is 2.45. The van der Waals surface area contributed by atoms with Gasteiger partial charge >= 0.3 is 6.09 Å². The fraction of sp³-hybridized carbons (Fsp3) is 0.467. The minimum absolute atomic E-state index is 0.0611. The Morgan fingerprint density at radius 3 is 2.59 bits per heavy atom. The van der Waals surface area contributed by atoms with Crippen LogP contribution < -0.4 is 10.1 Å². The topological polar surface area (TPSA) is 80.2 Å². The molecule has 0 aromatic heterocycles. The fourth-order valence-electron chi connectivity index (χ4n) is 1.68. The third kappa shape index (κ3) is 5.48. The molecule has 0 aliphatic carbocycles. The average molecular weight is 326 g/mol. The monoisotopic (exact) mass is 326 g/mol. The number of rotatable bonds is 5. The van der Waals surface area contributed by atoms with E-state index >= 15 is 0 Å². The molecular formula is C15H22N2O4S. The number of hydrogen-bond donors (Lipinski definition) is 2. The summed E-state index contributed by atoms with van der Waals surface area (Å²) in [6, 6.07) is 5.40. The Morgan fingerprint density at radius 1 is 1.41 bits per heavy atom. The first kappa shape index (κ1) is 18.2. The second kappa shape index (κ2) is 7.93. The normalized spacial score (nSPS) is 12.0. The fourth-order valence-corrected chi connectivity index (χ4v) is 2.28. The number of thioether (sulfide) groups is 1. The standard InChI is InChI=1S/C15H22N2O4S/c1-15(2,3)21-14(18)16-9-11(17-19)10-6-7-12(20-4)13(8-10)22-5/h6-8,19H,9H2,1-5H3,(H,16,18)/b17-11+. The number of hydrogen-bond acceptors (Lipinski definition) is 6. The molecule has 0 saturated heterocycles. The van der Waals surface area contributed by atoms with E-state index in [2.05, 4.69) is 10.5 Å². The van der Waals surface area contributed by atoms with Crippen molar-refractivity contribution in [2.45, 2.75) is 31.3 Å².